The van der Waals surface area contributed by atoms with Gasteiger partial charge in [-0.3, -0.25) is 0 Å². The summed E-state index contributed by atoms with van der Waals surface area (Å²) in [5.74, 6) is 1.67. The van der Waals surface area contributed by atoms with Crippen molar-refractivity contribution in [1.82, 2.24) is 10.2 Å². The number of benzene rings is 1. The first-order chi connectivity index (χ1) is 7.78. The predicted octanol–water partition coefficient (Wildman–Crippen LogP) is 1.45. The fourth-order valence-corrected chi connectivity index (χ4v) is 1.23. The molecule has 1 aromatic carbocycles. The van der Waals surface area contributed by atoms with Gasteiger partial charge in [0.05, 0.1) is 6.61 Å². The van der Waals surface area contributed by atoms with Crippen LogP contribution in [0.15, 0.2) is 28.7 Å². The lowest BCUT2D eigenvalue weighted by atomic mass is 10.2. The van der Waals surface area contributed by atoms with Crippen LogP contribution in [0.25, 0.3) is 0 Å². The molecule has 0 aliphatic carbocycles. The fraction of sp³-hybridized carbons (Fsp3) is 0.273. The van der Waals surface area contributed by atoms with Gasteiger partial charge >= 0.3 is 0 Å². The molecule has 1 N–H and O–H groups in total. The molecule has 0 fully saturated rings. The zero-order valence-electron chi connectivity index (χ0n) is 8.88. The summed E-state index contributed by atoms with van der Waals surface area (Å²) in [7, 11) is 0. The van der Waals surface area contributed by atoms with E-state index in [1.54, 1.807) is 31.2 Å². The summed E-state index contributed by atoms with van der Waals surface area (Å²) in [6, 6.07) is 7.17. The van der Waals surface area contributed by atoms with Crippen molar-refractivity contribution in [2.45, 2.75) is 20.1 Å². The lowest BCUT2D eigenvalue weighted by molar-refractivity contribution is 0.259. The van der Waals surface area contributed by atoms with E-state index in [2.05, 4.69) is 10.2 Å². The Morgan fingerprint density at radius 2 is 2.00 bits per heavy atom. The van der Waals surface area contributed by atoms with Crippen LogP contribution in [0.2, 0.25) is 0 Å². The van der Waals surface area contributed by atoms with Crippen LogP contribution in [0, 0.1) is 6.92 Å². The molecule has 0 atom stereocenters. The fourth-order valence-electron chi connectivity index (χ4n) is 1.23. The van der Waals surface area contributed by atoms with E-state index in [1.807, 2.05) is 0 Å². The first kappa shape index (κ1) is 10.6. The van der Waals surface area contributed by atoms with Gasteiger partial charge in [-0.15, -0.1) is 10.2 Å². The van der Waals surface area contributed by atoms with Crippen molar-refractivity contribution < 1.29 is 14.3 Å². The molecule has 0 spiro atoms. The van der Waals surface area contributed by atoms with Gasteiger partial charge in [0.1, 0.15) is 5.75 Å². The molecule has 0 amide bonds. The summed E-state index contributed by atoms with van der Waals surface area (Å²) in [5, 5.41) is 16.4. The molecule has 2 aromatic rings. The molecule has 1 aromatic heterocycles. The van der Waals surface area contributed by atoms with Gasteiger partial charge < -0.3 is 14.3 Å². The highest BCUT2D eigenvalue weighted by molar-refractivity contribution is 5.26. The van der Waals surface area contributed by atoms with Crippen molar-refractivity contribution in [3.05, 3.63) is 41.6 Å². The van der Waals surface area contributed by atoms with Gasteiger partial charge in [0.2, 0.25) is 5.89 Å². The minimum atomic E-state index is 0.0309. The van der Waals surface area contributed by atoms with Crippen LogP contribution in [0.4, 0.5) is 0 Å². The van der Waals surface area contributed by atoms with Crippen molar-refractivity contribution >= 4 is 0 Å². The molecule has 16 heavy (non-hydrogen) atoms. The largest absolute Gasteiger partial charge is 0.484 e. The second kappa shape index (κ2) is 4.76. The minimum absolute atomic E-state index is 0.0309. The third-order valence-corrected chi connectivity index (χ3v) is 2.04. The Morgan fingerprint density at radius 1 is 1.25 bits per heavy atom. The number of rotatable bonds is 4. The van der Waals surface area contributed by atoms with E-state index in [0.29, 0.717) is 17.5 Å². The average molecular weight is 220 g/mol. The monoisotopic (exact) mass is 220 g/mol. The summed E-state index contributed by atoms with van der Waals surface area (Å²) in [5.41, 5.74) is 0.848. The van der Waals surface area contributed by atoms with Crippen LogP contribution in [-0.4, -0.2) is 15.3 Å². The van der Waals surface area contributed by atoms with Gasteiger partial charge in [-0.25, -0.2) is 0 Å². The molecular formula is C11H12N2O3. The lowest BCUT2D eigenvalue weighted by Gasteiger charge is -2.03. The highest BCUT2D eigenvalue weighted by atomic mass is 16.5. The Labute approximate surface area is 92.7 Å². The number of hydrogen-bond donors (Lipinski definition) is 1. The summed E-state index contributed by atoms with van der Waals surface area (Å²) < 4.78 is 10.6. The average Bonchev–Trinajstić information content (AvgIpc) is 2.73. The van der Waals surface area contributed by atoms with Crippen LogP contribution in [0.3, 0.4) is 0 Å². The lowest BCUT2D eigenvalue weighted by Crippen LogP contribution is -1.95. The Kier molecular flexibility index (Phi) is 3.16. The smallest absolute Gasteiger partial charge is 0.253 e. The van der Waals surface area contributed by atoms with Gasteiger partial charge in [0, 0.05) is 6.92 Å². The third kappa shape index (κ3) is 2.58. The number of aliphatic hydroxyl groups excluding tert-OH is 1. The molecule has 0 unspecified atom stereocenters. The van der Waals surface area contributed by atoms with Gasteiger partial charge in [0.25, 0.3) is 5.89 Å². The Bertz CT molecular complexity index is 451. The molecular weight excluding hydrogens is 208 g/mol. The van der Waals surface area contributed by atoms with Crippen molar-refractivity contribution in [2.24, 2.45) is 0 Å². The second-order valence-corrected chi connectivity index (χ2v) is 3.31. The summed E-state index contributed by atoms with van der Waals surface area (Å²) in [6.07, 6.45) is 0. The highest BCUT2D eigenvalue weighted by Gasteiger charge is 2.02. The van der Waals surface area contributed by atoms with E-state index >= 15 is 0 Å². The number of ether oxygens (including phenoxy) is 1. The van der Waals surface area contributed by atoms with E-state index in [4.69, 9.17) is 14.3 Å². The van der Waals surface area contributed by atoms with Crippen LogP contribution in [0.5, 0.6) is 5.75 Å². The van der Waals surface area contributed by atoms with Crippen molar-refractivity contribution in [2.75, 3.05) is 0 Å². The third-order valence-electron chi connectivity index (χ3n) is 2.04. The van der Waals surface area contributed by atoms with E-state index in [1.165, 1.54) is 0 Å². The molecule has 0 aliphatic rings. The molecule has 0 aliphatic heterocycles. The first-order valence-electron chi connectivity index (χ1n) is 4.89. The predicted molar refractivity (Wildman–Crippen MR) is 55.7 cm³/mol. The van der Waals surface area contributed by atoms with Gasteiger partial charge in [0.15, 0.2) is 6.61 Å². The van der Waals surface area contributed by atoms with Crippen molar-refractivity contribution in [3.8, 4) is 5.75 Å². The van der Waals surface area contributed by atoms with Crippen molar-refractivity contribution in [3.63, 3.8) is 0 Å². The van der Waals surface area contributed by atoms with Gasteiger partial charge in [-0.1, -0.05) is 12.1 Å². The Morgan fingerprint density at radius 3 is 2.56 bits per heavy atom. The van der Waals surface area contributed by atoms with E-state index < -0.39 is 0 Å². The zero-order chi connectivity index (χ0) is 11.4. The molecule has 5 heteroatoms. The standard InChI is InChI=1S/C11H12N2O3/c1-8-12-13-11(16-8)7-15-10-4-2-9(6-14)3-5-10/h2-5,14H,6-7H2,1H3. The molecule has 0 bridgehead atoms. The maximum Gasteiger partial charge on any atom is 0.253 e. The topological polar surface area (TPSA) is 68.4 Å². The van der Waals surface area contributed by atoms with E-state index in [-0.39, 0.29) is 13.2 Å². The summed E-state index contributed by atoms with van der Waals surface area (Å²) >= 11 is 0. The highest BCUT2D eigenvalue weighted by Crippen LogP contribution is 2.13. The molecule has 0 saturated carbocycles. The van der Waals surface area contributed by atoms with Crippen LogP contribution in [0.1, 0.15) is 17.3 Å². The molecule has 84 valence electrons. The maximum atomic E-state index is 8.87. The van der Waals surface area contributed by atoms with Gasteiger partial charge in [-0.05, 0) is 17.7 Å². The normalized spacial score (nSPS) is 10.4. The summed E-state index contributed by atoms with van der Waals surface area (Å²) in [4.78, 5) is 0. The van der Waals surface area contributed by atoms with Crippen molar-refractivity contribution in [1.29, 1.82) is 0 Å². The molecule has 0 saturated heterocycles. The maximum absolute atomic E-state index is 8.87. The number of aliphatic hydroxyl groups is 1. The van der Waals surface area contributed by atoms with E-state index in [9.17, 15) is 0 Å². The molecule has 2 rings (SSSR count). The number of aromatic nitrogens is 2. The number of aryl methyl sites for hydroxylation is 1. The number of nitrogens with zero attached hydrogens (tertiary/aromatic N) is 2. The van der Waals surface area contributed by atoms with Crippen LogP contribution in [-0.2, 0) is 13.2 Å². The molecule has 5 nitrogen and oxygen atoms in total. The molecule has 1 heterocycles. The number of hydrogen-bond acceptors (Lipinski definition) is 5. The Balaban J connectivity index is 1.94. The first-order valence-corrected chi connectivity index (χ1v) is 4.89. The minimum Gasteiger partial charge on any atom is -0.484 e. The Hall–Kier alpha value is -1.88. The SMILES string of the molecule is Cc1nnc(COc2ccc(CO)cc2)o1. The van der Waals surface area contributed by atoms with Gasteiger partial charge in [-0.2, -0.15) is 0 Å². The quantitative estimate of drug-likeness (QED) is 0.844. The molecule has 0 radical (unpaired) electrons. The van der Waals surface area contributed by atoms with Crippen LogP contribution < -0.4 is 4.74 Å². The summed E-state index contributed by atoms with van der Waals surface area (Å²) in [6.45, 7) is 2.01. The van der Waals surface area contributed by atoms with Crippen LogP contribution >= 0.6 is 0 Å². The second-order valence-electron chi connectivity index (χ2n) is 3.31. The zero-order valence-corrected chi connectivity index (χ0v) is 8.88. The van der Waals surface area contributed by atoms with E-state index in [0.717, 1.165) is 5.56 Å².